The molecule has 3 aromatic heterocycles. The molecule has 77 heavy (non-hydrogen) atoms. The van der Waals surface area contributed by atoms with E-state index in [1.807, 2.05) is 51.4 Å². The first-order chi connectivity index (χ1) is 37.1. The molecule has 2 atom stereocenters. The van der Waals surface area contributed by atoms with Crippen molar-refractivity contribution in [2.45, 2.75) is 122 Å². The van der Waals surface area contributed by atoms with Crippen molar-refractivity contribution in [3.63, 3.8) is 0 Å². The lowest BCUT2D eigenvalue weighted by molar-refractivity contribution is -0.136. The minimum absolute atomic E-state index is 0.0922. The number of anilines is 3. The highest BCUT2D eigenvalue weighted by molar-refractivity contribution is 6.23. The number of pyridine rings is 1. The van der Waals surface area contributed by atoms with Crippen molar-refractivity contribution < 1.29 is 33.4 Å². The Morgan fingerprint density at radius 2 is 1.62 bits per heavy atom. The molecule has 0 bridgehead atoms. The summed E-state index contributed by atoms with van der Waals surface area (Å²) in [4.78, 5) is 86.2. The molecule has 5 aliphatic heterocycles. The second-order valence-electron chi connectivity index (χ2n) is 22.5. The molecule has 402 valence electrons. The summed E-state index contributed by atoms with van der Waals surface area (Å²) in [5, 5.41) is 16.4. The van der Waals surface area contributed by atoms with Gasteiger partial charge in [0.2, 0.25) is 17.8 Å². The van der Waals surface area contributed by atoms with Gasteiger partial charge in [-0.1, -0.05) is 44.2 Å². The molecule has 5 amide bonds. The van der Waals surface area contributed by atoms with Gasteiger partial charge in [0.25, 0.3) is 11.8 Å². The molecule has 5 aliphatic rings. The molecule has 0 spiro atoms. The van der Waals surface area contributed by atoms with Gasteiger partial charge in [0, 0.05) is 79.3 Å². The van der Waals surface area contributed by atoms with E-state index in [2.05, 4.69) is 76.0 Å². The summed E-state index contributed by atoms with van der Waals surface area (Å²) < 4.78 is 13.8. The minimum atomic E-state index is -0.975. The highest BCUT2D eigenvalue weighted by Crippen LogP contribution is 2.35. The minimum Gasteiger partial charge on any atom is -0.458 e. The van der Waals surface area contributed by atoms with Crippen molar-refractivity contribution in [2.75, 3.05) is 61.3 Å². The van der Waals surface area contributed by atoms with Gasteiger partial charge < -0.3 is 34.8 Å². The standard InChI is InChI=1S/C58H68N12O7/c1-35(2)47-33-62-70-51(47)64-56(76-42-10-8-24-68(34-42)57(75)77-58(3,4)5)65-55(70)61-32-38-9-6-7-11-43(38)50-44-14-12-39(29-37(44)18-23-59-50)60-31-36-19-25-66(26-20-36)40-21-27-67(28-22-40)41-13-15-45-46(30-41)54(74)69(53(45)73)48-16-17-49(71)63-52(48)72/h6-7,9,11-15,18,23,29-30,33,35-36,40,42,48,60H,8,10,16-17,19-22,24-28,31-32,34H2,1-5H3,(H,61,64,65)(H,63,71,72)/t42-,48?/m1/s1. The van der Waals surface area contributed by atoms with Gasteiger partial charge in [-0.3, -0.25) is 34.4 Å². The average Bonchev–Trinajstić information content (AvgIpc) is 4.10. The molecule has 19 nitrogen and oxygen atoms in total. The predicted molar refractivity (Wildman–Crippen MR) is 292 cm³/mol. The second-order valence-corrected chi connectivity index (χ2v) is 22.5. The zero-order valence-electron chi connectivity index (χ0n) is 44.6. The number of likely N-dealkylation sites (tertiary alicyclic amines) is 2. The number of nitrogens with one attached hydrogen (secondary N) is 3. The Bertz CT molecular complexity index is 3250. The third-order valence-corrected chi connectivity index (χ3v) is 15.8. The molecule has 0 aliphatic carbocycles. The largest absolute Gasteiger partial charge is 0.458 e. The van der Waals surface area contributed by atoms with Gasteiger partial charge in [0.05, 0.1) is 29.6 Å². The van der Waals surface area contributed by atoms with Crippen LogP contribution < -0.4 is 25.6 Å². The van der Waals surface area contributed by atoms with Crippen LogP contribution in [0.25, 0.3) is 27.7 Å². The number of piperidine rings is 4. The van der Waals surface area contributed by atoms with E-state index in [0.29, 0.717) is 54.3 Å². The zero-order chi connectivity index (χ0) is 53.5. The number of hydrogen-bond acceptors (Lipinski definition) is 15. The Balaban J connectivity index is 0.691. The van der Waals surface area contributed by atoms with Crippen molar-refractivity contribution in [1.29, 1.82) is 0 Å². The second kappa shape index (κ2) is 21.4. The summed E-state index contributed by atoms with van der Waals surface area (Å²) in [6.45, 7) is 15.9. The molecule has 11 rings (SSSR count). The monoisotopic (exact) mass is 1040 g/mol. The summed E-state index contributed by atoms with van der Waals surface area (Å²) in [5.74, 6) is -0.733. The molecule has 0 saturated carbocycles. The Hall–Kier alpha value is -7.67. The van der Waals surface area contributed by atoms with E-state index in [-0.39, 0.29) is 42.9 Å². The van der Waals surface area contributed by atoms with E-state index in [1.165, 1.54) is 0 Å². The highest BCUT2D eigenvalue weighted by Gasteiger charge is 2.45. The maximum Gasteiger partial charge on any atom is 0.410 e. The summed E-state index contributed by atoms with van der Waals surface area (Å²) in [5.41, 5.74) is 6.60. The van der Waals surface area contributed by atoms with E-state index in [9.17, 15) is 24.0 Å². The van der Waals surface area contributed by atoms with Gasteiger partial charge in [-0.2, -0.15) is 19.6 Å². The number of ether oxygens (including phenoxy) is 2. The van der Waals surface area contributed by atoms with Crippen LogP contribution in [-0.2, 0) is 20.9 Å². The molecule has 4 fully saturated rings. The number of imide groups is 2. The first-order valence-electron chi connectivity index (χ1n) is 27.3. The number of rotatable bonds is 13. The van der Waals surface area contributed by atoms with Crippen LogP contribution in [0, 0.1) is 5.92 Å². The Labute approximate surface area is 448 Å². The Kier molecular flexibility index (Phi) is 14.3. The van der Waals surface area contributed by atoms with Gasteiger partial charge in [0.1, 0.15) is 17.7 Å². The Morgan fingerprint density at radius 1 is 0.831 bits per heavy atom. The normalized spacial score (nSPS) is 20.1. The van der Waals surface area contributed by atoms with Crippen molar-refractivity contribution >= 4 is 63.5 Å². The fourth-order valence-corrected chi connectivity index (χ4v) is 11.6. The van der Waals surface area contributed by atoms with E-state index in [4.69, 9.17) is 29.5 Å². The zero-order valence-corrected chi connectivity index (χ0v) is 44.6. The lowest BCUT2D eigenvalue weighted by atomic mass is 9.93. The van der Waals surface area contributed by atoms with Crippen LogP contribution in [0.4, 0.5) is 22.1 Å². The molecule has 4 saturated heterocycles. The molecule has 3 aromatic carbocycles. The number of fused-ring (bicyclic) bond motifs is 3. The van der Waals surface area contributed by atoms with Gasteiger partial charge >= 0.3 is 12.1 Å². The molecule has 6 aromatic rings. The fraction of sp³-hybridized carbons (Fsp3) is 0.466. The SMILES string of the molecule is CC(C)c1cnn2c(NCc3ccccc3-c3nccc4cc(NCC5CCN(C6CCN(c7ccc8c(c7)C(=O)N(C7CCC(=O)NC7=O)C8=O)CC6)CC5)ccc34)nc(O[C@@H]3CCCN(C(=O)OC(C)(C)C)C3)nc12. The van der Waals surface area contributed by atoms with E-state index >= 15 is 0 Å². The third-order valence-electron chi connectivity index (χ3n) is 15.8. The quantitative estimate of drug-likeness (QED) is 0.0935. The van der Waals surface area contributed by atoms with Crippen LogP contribution in [0.2, 0.25) is 0 Å². The molecule has 8 heterocycles. The maximum absolute atomic E-state index is 13.5. The first-order valence-corrected chi connectivity index (χ1v) is 27.3. The molecular formula is C58H68N12O7. The molecule has 1 unspecified atom stereocenters. The van der Waals surface area contributed by atoms with Crippen molar-refractivity contribution in [1.82, 2.24) is 44.6 Å². The van der Waals surface area contributed by atoms with E-state index < -0.39 is 29.4 Å². The average molecular weight is 1050 g/mol. The number of nitrogens with zero attached hydrogens (tertiary/aromatic N) is 9. The predicted octanol–water partition coefficient (Wildman–Crippen LogP) is 8.05. The smallest absolute Gasteiger partial charge is 0.410 e. The first kappa shape index (κ1) is 51.4. The summed E-state index contributed by atoms with van der Waals surface area (Å²) in [6, 6.07) is 22.0. The molecule has 3 N–H and O–H groups in total. The van der Waals surface area contributed by atoms with Gasteiger partial charge in [-0.05, 0) is 138 Å². The van der Waals surface area contributed by atoms with Crippen molar-refractivity contribution in [3.05, 3.63) is 101 Å². The van der Waals surface area contributed by atoms with Gasteiger partial charge in [-0.15, -0.1) is 0 Å². The van der Waals surface area contributed by atoms with E-state index in [1.54, 1.807) is 21.5 Å². The molecule has 0 radical (unpaired) electrons. The summed E-state index contributed by atoms with van der Waals surface area (Å²) in [6.07, 6.45) is 9.09. The third kappa shape index (κ3) is 10.9. The van der Waals surface area contributed by atoms with Crippen LogP contribution in [0.5, 0.6) is 6.01 Å². The van der Waals surface area contributed by atoms with Crippen LogP contribution >= 0.6 is 0 Å². The lowest BCUT2D eigenvalue weighted by Gasteiger charge is -2.42. The van der Waals surface area contributed by atoms with Crippen LogP contribution in [-0.4, -0.2) is 139 Å². The Morgan fingerprint density at radius 3 is 2.40 bits per heavy atom. The van der Waals surface area contributed by atoms with Gasteiger partial charge in [-0.25, -0.2) is 4.79 Å². The number of amides is 5. The number of carbonyl (C=O) groups excluding carboxylic acids is 5. The topological polar surface area (TPSA) is 209 Å². The summed E-state index contributed by atoms with van der Waals surface area (Å²) >= 11 is 0. The molecular weight excluding hydrogens is 977 g/mol. The number of hydrogen-bond donors (Lipinski definition) is 3. The summed E-state index contributed by atoms with van der Waals surface area (Å²) in [7, 11) is 0. The van der Waals surface area contributed by atoms with Crippen LogP contribution in [0.3, 0.4) is 0 Å². The molecule has 19 heteroatoms. The van der Waals surface area contributed by atoms with Crippen molar-refractivity contribution in [2.24, 2.45) is 5.92 Å². The maximum atomic E-state index is 13.5. The van der Waals surface area contributed by atoms with E-state index in [0.717, 1.165) is 121 Å². The fourth-order valence-electron chi connectivity index (χ4n) is 11.6. The van der Waals surface area contributed by atoms with Crippen molar-refractivity contribution in [3.8, 4) is 17.3 Å². The number of aromatic nitrogens is 5. The van der Waals surface area contributed by atoms with Gasteiger partial charge in [0.15, 0.2) is 5.65 Å². The van der Waals surface area contributed by atoms with Crippen LogP contribution in [0.1, 0.15) is 124 Å². The number of carbonyl (C=O) groups is 5. The number of benzene rings is 3. The van der Waals surface area contributed by atoms with Crippen LogP contribution in [0.15, 0.2) is 79.1 Å². The highest BCUT2D eigenvalue weighted by atomic mass is 16.6. The lowest BCUT2D eigenvalue weighted by Crippen LogP contribution is -2.54.